The van der Waals surface area contributed by atoms with Gasteiger partial charge in [-0.2, -0.15) is 0 Å². The van der Waals surface area contributed by atoms with Crippen LogP contribution in [0.25, 0.3) is 11.1 Å². The van der Waals surface area contributed by atoms with Crippen molar-refractivity contribution in [1.82, 2.24) is 10.2 Å². The average molecular weight is 521 g/mol. The van der Waals surface area contributed by atoms with Crippen molar-refractivity contribution in [3.05, 3.63) is 58.9 Å². The maximum Gasteiger partial charge on any atom is 0.132 e. The van der Waals surface area contributed by atoms with Crippen LogP contribution in [0.2, 0.25) is 0 Å². The second-order valence-electron chi connectivity index (χ2n) is 12.3. The number of Topliss-reactive ketones (excluding diaryl/α,β-unsaturated/α-hetero) is 1. The summed E-state index contributed by atoms with van der Waals surface area (Å²) in [5, 5.41) is 3.40. The van der Waals surface area contributed by atoms with Crippen LogP contribution in [-0.2, 0) is 24.2 Å². The number of rotatable bonds is 13. The monoisotopic (exact) mass is 520 g/mol. The number of nitrogens with one attached hydrogen (secondary N) is 1. The van der Waals surface area contributed by atoms with E-state index in [9.17, 15) is 9.18 Å². The van der Waals surface area contributed by atoms with Crippen LogP contribution in [0.1, 0.15) is 88.8 Å². The standard InChI is InChI=1S/C34H49FN2O/c1-5-7-30-19-27(20-31(8-6-2)33(30)29-13-15-32(35)16-14-29)22-37-23-34(24-37,17-18-36-4)21-26-9-11-28(12-10-26)25(3)38/h13-16,19-20,26,28,36H,5-12,17-18,21-24H2,1-4H3. The number of hydrogen-bond acceptors (Lipinski definition) is 3. The molecule has 2 aromatic carbocycles. The van der Waals surface area contributed by atoms with Gasteiger partial charge >= 0.3 is 0 Å². The molecule has 0 aromatic heterocycles. The van der Waals surface area contributed by atoms with Crippen LogP contribution >= 0.6 is 0 Å². The smallest absolute Gasteiger partial charge is 0.132 e. The summed E-state index contributed by atoms with van der Waals surface area (Å²) < 4.78 is 13.7. The molecule has 1 aliphatic carbocycles. The van der Waals surface area contributed by atoms with Gasteiger partial charge in [-0.15, -0.1) is 0 Å². The van der Waals surface area contributed by atoms with Gasteiger partial charge in [0.05, 0.1) is 0 Å². The summed E-state index contributed by atoms with van der Waals surface area (Å²) >= 11 is 0. The molecule has 1 heterocycles. The molecular weight excluding hydrogens is 471 g/mol. The highest BCUT2D eigenvalue weighted by Gasteiger charge is 2.44. The lowest BCUT2D eigenvalue weighted by atomic mass is 9.66. The maximum atomic E-state index is 13.7. The Morgan fingerprint density at radius 3 is 2.13 bits per heavy atom. The van der Waals surface area contributed by atoms with Gasteiger partial charge in [0.2, 0.25) is 0 Å². The summed E-state index contributed by atoms with van der Waals surface area (Å²) in [6.45, 7) is 10.7. The molecule has 0 amide bonds. The Kier molecular flexibility index (Phi) is 10.2. The number of hydrogen-bond donors (Lipinski definition) is 1. The molecule has 1 saturated carbocycles. The molecular formula is C34H49FN2O. The molecule has 4 rings (SSSR count). The molecule has 0 unspecified atom stereocenters. The molecule has 208 valence electrons. The van der Waals surface area contributed by atoms with Crippen LogP contribution in [-0.4, -0.2) is 37.4 Å². The minimum atomic E-state index is -0.175. The highest BCUT2D eigenvalue weighted by Crippen LogP contribution is 2.45. The zero-order valence-corrected chi connectivity index (χ0v) is 24.3. The van der Waals surface area contributed by atoms with Gasteiger partial charge < -0.3 is 5.32 Å². The van der Waals surface area contributed by atoms with Crippen molar-refractivity contribution >= 4 is 5.78 Å². The first kappa shape index (κ1) is 29.0. The summed E-state index contributed by atoms with van der Waals surface area (Å²) in [7, 11) is 2.06. The molecule has 0 radical (unpaired) electrons. The largest absolute Gasteiger partial charge is 0.320 e. The number of likely N-dealkylation sites (tertiary alicyclic amines) is 1. The number of benzene rings is 2. The number of aryl methyl sites for hydroxylation is 2. The summed E-state index contributed by atoms with van der Waals surface area (Å²) in [6.07, 6.45) is 11.5. The van der Waals surface area contributed by atoms with E-state index in [0.717, 1.165) is 63.1 Å². The van der Waals surface area contributed by atoms with Crippen molar-refractivity contribution in [1.29, 1.82) is 0 Å². The van der Waals surface area contributed by atoms with Crippen molar-refractivity contribution < 1.29 is 9.18 Å². The first-order chi connectivity index (χ1) is 18.4. The van der Waals surface area contributed by atoms with E-state index in [-0.39, 0.29) is 5.82 Å². The van der Waals surface area contributed by atoms with E-state index in [4.69, 9.17) is 0 Å². The molecule has 0 atom stereocenters. The van der Waals surface area contributed by atoms with Crippen LogP contribution in [0, 0.1) is 23.1 Å². The van der Waals surface area contributed by atoms with E-state index in [0.29, 0.717) is 17.1 Å². The SMILES string of the molecule is CCCc1cc(CN2CC(CCNC)(CC3CCC(C(C)=O)CC3)C2)cc(CCC)c1-c1ccc(F)cc1. The van der Waals surface area contributed by atoms with E-state index in [2.05, 4.69) is 43.2 Å². The Morgan fingerprint density at radius 2 is 1.61 bits per heavy atom. The van der Waals surface area contributed by atoms with Crippen molar-refractivity contribution in [2.45, 2.75) is 91.5 Å². The minimum absolute atomic E-state index is 0.175. The third kappa shape index (κ3) is 7.12. The van der Waals surface area contributed by atoms with Crippen molar-refractivity contribution in [2.24, 2.45) is 17.3 Å². The lowest BCUT2D eigenvalue weighted by Gasteiger charge is -2.53. The van der Waals surface area contributed by atoms with Crippen molar-refractivity contribution in [2.75, 3.05) is 26.7 Å². The van der Waals surface area contributed by atoms with Gasteiger partial charge in [0, 0.05) is 25.6 Å². The van der Waals surface area contributed by atoms with Crippen molar-refractivity contribution in [3.63, 3.8) is 0 Å². The molecule has 1 aliphatic heterocycles. The van der Waals surface area contributed by atoms with E-state index >= 15 is 0 Å². The first-order valence-corrected chi connectivity index (χ1v) is 15.1. The van der Waals surface area contributed by atoms with Gasteiger partial charge in [0.1, 0.15) is 11.6 Å². The lowest BCUT2D eigenvalue weighted by Crippen LogP contribution is -2.57. The number of carbonyl (C=O) groups excluding carboxylic acids is 1. The zero-order chi connectivity index (χ0) is 27.1. The van der Waals surface area contributed by atoms with Gasteiger partial charge in [-0.3, -0.25) is 9.69 Å². The lowest BCUT2D eigenvalue weighted by molar-refractivity contribution is -0.122. The van der Waals surface area contributed by atoms with Crippen LogP contribution in [0.15, 0.2) is 36.4 Å². The van der Waals surface area contributed by atoms with Crippen LogP contribution in [0.3, 0.4) is 0 Å². The Bertz CT molecular complexity index is 1020. The van der Waals surface area contributed by atoms with Gasteiger partial charge in [-0.1, -0.05) is 51.0 Å². The summed E-state index contributed by atoms with van der Waals surface area (Å²) in [4.78, 5) is 14.5. The number of carbonyl (C=O) groups is 1. The normalized spacial score (nSPS) is 21.3. The highest BCUT2D eigenvalue weighted by molar-refractivity contribution is 5.78. The fraction of sp³-hybridized carbons (Fsp3) is 0.618. The zero-order valence-electron chi connectivity index (χ0n) is 24.3. The van der Waals surface area contributed by atoms with Gasteiger partial charge in [0.15, 0.2) is 0 Å². The highest BCUT2D eigenvalue weighted by atomic mass is 19.1. The molecule has 0 bridgehead atoms. The molecule has 3 nitrogen and oxygen atoms in total. The Balaban J connectivity index is 1.48. The van der Waals surface area contributed by atoms with E-state index in [1.807, 2.05) is 12.1 Å². The molecule has 1 N–H and O–H groups in total. The molecule has 38 heavy (non-hydrogen) atoms. The quantitative estimate of drug-likeness (QED) is 0.295. The third-order valence-electron chi connectivity index (χ3n) is 9.11. The maximum absolute atomic E-state index is 13.7. The number of nitrogens with zero attached hydrogens (tertiary/aromatic N) is 1. The van der Waals surface area contributed by atoms with Gasteiger partial charge in [0.25, 0.3) is 0 Å². The molecule has 2 aromatic rings. The Hall–Kier alpha value is -2.04. The molecule has 4 heteroatoms. The van der Waals surface area contributed by atoms with Gasteiger partial charge in [-0.25, -0.2) is 4.39 Å². The fourth-order valence-corrected chi connectivity index (χ4v) is 7.29. The molecule has 2 fully saturated rings. The first-order valence-electron chi connectivity index (χ1n) is 15.1. The minimum Gasteiger partial charge on any atom is -0.320 e. The van der Waals surface area contributed by atoms with Crippen molar-refractivity contribution in [3.8, 4) is 11.1 Å². The van der Waals surface area contributed by atoms with Crippen LogP contribution in [0.5, 0.6) is 0 Å². The summed E-state index contributed by atoms with van der Waals surface area (Å²) in [6, 6.07) is 11.9. The van der Waals surface area contributed by atoms with E-state index in [1.54, 1.807) is 19.1 Å². The number of ketones is 1. The Morgan fingerprint density at radius 1 is 1.00 bits per heavy atom. The average Bonchev–Trinajstić information content (AvgIpc) is 2.88. The topological polar surface area (TPSA) is 32.3 Å². The number of halogens is 1. The third-order valence-corrected chi connectivity index (χ3v) is 9.11. The van der Waals surface area contributed by atoms with Crippen LogP contribution < -0.4 is 5.32 Å². The predicted octanol–water partition coefficient (Wildman–Crippen LogP) is 7.59. The fourth-order valence-electron chi connectivity index (χ4n) is 7.29. The van der Waals surface area contributed by atoms with Gasteiger partial charge in [-0.05, 0) is 123 Å². The second-order valence-corrected chi connectivity index (χ2v) is 12.3. The summed E-state index contributed by atoms with van der Waals surface area (Å²) in [5.74, 6) is 1.29. The molecule has 2 aliphatic rings. The van der Waals surface area contributed by atoms with E-state index < -0.39 is 0 Å². The predicted molar refractivity (Wildman–Crippen MR) is 157 cm³/mol. The van der Waals surface area contributed by atoms with Crippen LogP contribution in [0.4, 0.5) is 4.39 Å². The second kappa shape index (κ2) is 13.3. The van der Waals surface area contributed by atoms with E-state index in [1.165, 1.54) is 61.0 Å². The molecule has 0 spiro atoms. The summed E-state index contributed by atoms with van der Waals surface area (Å²) in [5.41, 5.74) is 7.11. The molecule has 1 saturated heterocycles. The Labute approximate surface area is 230 Å².